The number of nitrogens with one attached hydrogen (secondary N) is 2. The second kappa shape index (κ2) is 6.77. The minimum absolute atomic E-state index is 0.653. The summed E-state index contributed by atoms with van der Waals surface area (Å²) < 4.78 is 0. The maximum atomic E-state index is 3.66. The lowest BCUT2D eigenvalue weighted by atomic mass is 9.97. The van der Waals surface area contributed by atoms with E-state index in [0.717, 1.165) is 13.1 Å². The molecule has 1 saturated heterocycles. The van der Waals surface area contributed by atoms with Crippen molar-refractivity contribution in [3.63, 3.8) is 0 Å². The van der Waals surface area contributed by atoms with Crippen LogP contribution in [-0.2, 0) is 0 Å². The fourth-order valence-electron chi connectivity index (χ4n) is 2.48. The summed E-state index contributed by atoms with van der Waals surface area (Å²) in [6.45, 7) is 5.77. The molecule has 2 heteroatoms. The van der Waals surface area contributed by atoms with Crippen LogP contribution in [0.2, 0.25) is 0 Å². The zero-order chi connectivity index (χ0) is 11.9. The molecule has 0 aliphatic carbocycles. The van der Waals surface area contributed by atoms with Gasteiger partial charge in [-0.2, -0.15) is 0 Å². The number of piperidine rings is 1. The summed E-state index contributed by atoms with van der Waals surface area (Å²) in [5.74, 6) is 0.653. The van der Waals surface area contributed by atoms with Gasteiger partial charge in [0.2, 0.25) is 0 Å². The van der Waals surface area contributed by atoms with Crippen molar-refractivity contribution in [3.8, 4) is 0 Å². The van der Waals surface area contributed by atoms with Crippen molar-refractivity contribution in [1.29, 1.82) is 0 Å². The Morgan fingerprint density at radius 2 is 2.18 bits per heavy atom. The van der Waals surface area contributed by atoms with Crippen LogP contribution in [0.3, 0.4) is 0 Å². The monoisotopic (exact) mass is 232 g/mol. The number of benzene rings is 1. The molecular weight excluding hydrogens is 208 g/mol. The molecule has 17 heavy (non-hydrogen) atoms. The third-order valence-corrected chi connectivity index (χ3v) is 3.68. The Morgan fingerprint density at radius 3 is 2.88 bits per heavy atom. The van der Waals surface area contributed by atoms with Gasteiger partial charge in [-0.3, -0.25) is 0 Å². The van der Waals surface area contributed by atoms with E-state index in [-0.39, 0.29) is 0 Å². The average Bonchev–Trinajstić information content (AvgIpc) is 2.41. The summed E-state index contributed by atoms with van der Waals surface area (Å²) in [4.78, 5) is 0. The molecule has 1 aliphatic heterocycles. The van der Waals surface area contributed by atoms with Gasteiger partial charge < -0.3 is 10.6 Å². The van der Waals surface area contributed by atoms with Gasteiger partial charge in [0.15, 0.2) is 0 Å². The first-order valence-electron chi connectivity index (χ1n) is 6.85. The molecular formula is C15H24N2. The summed E-state index contributed by atoms with van der Waals surface area (Å²) >= 11 is 0. The van der Waals surface area contributed by atoms with Crippen molar-refractivity contribution < 1.29 is 0 Å². The van der Waals surface area contributed by atoms with Crippen LogP contribution in [0.25, 0.3) is 0 Å². The number of hydrogen-bond acceptors (Lipinski definition) is 2. The Bertz CT molecular complexity index is 304. The van der Waals surface area contributed by atoms with E-state index in [1.165, 1.54) is 31.4 Å². The van der Waals surface area contributed by atoms with E-state index in [1.807, 2.05) is 0 Å². The summed E-state index contributed by atoms with van der Waals surface area (Å²) in [6, 6.07) is 11.5. The van der Waals surface area contributed by atoms with Crippen molar-refractivity contribution in [1.82, 2.24) is 10.6 Å². The normalized spacial score (nSPS) is 22.3. The van der Waals surface area contributed by atoms with E-state index in [4.69, 9.17) is 0 Å². The zero-order valence-corrected chi connectivity index (χ0v) is 10.8. The Kier molecular flexibility index (Phi) is 5.02. The van der Waals surface area contributed by atoms with Crippen molar-refractivity contribution in [2.75, 3.05) is 19.6 Å². The summed E-state index contributed by atoms with van der Waals surface area (Å²) in [5, 5.41) is 7.10. The van der Waals surface area contributed by atoms with Crippen LogP contribution in [0.1, 0.15) is 37.7 Å². The van der Waals surface area contributed by atoms with E-state index in [1.54, 1.807) is 0 Å². The zero-order valence-electron chi connectivity index (χ0n) is 10.8. The molecule has 2 atom stereocenters. The molecule has 1 heterocycles. The van der Waals surface area contributed by atoms with Gasteiger partial charge in [-0.05, 0) is 43.8 Å². The fourth-order valence-corrected chi connectivity index (χ4v) is 2.48. The highest BCUT2D eigenvalue weighted by Crippen LogP contribution is 2.17. The minimum atomic E-state index is 0.653. The van der Waals surface area contributed by atoms with Gasteiger partial charge in [0.25, 0.3) is 0 Å². The van der Waals surface area contributed by atoms with Crippen molar-refractivity contribution in [2.45, 2.75) is 38.1 Å². The van der Waals surface area contributed by atoms with E-state index < -0.39 is 0 Å². The third-order valence-electron chi connectivity index (χ3n) is 3.68. The molecule has 0 amide bonds. The minimum Gasteiger partial charge on any atom is -0.315 e. The van der Waals surface area contributed by atoms with E-state index in [2.05, 4.69) is 47.9 Å². The van der Waals surface area contributed by atoms with Crippen LogP contribution in [0.5, 0.6) is 0 Å². The second-order valence-corrected chi connectivity index (χ2v) is 5.10. The van der Waals surface area contributed by atoms with Crippen LogP contribution < -0.4 is 10.6 Å². The molecule has 0 aromatic heterocycles. The highest BCUT2D eigenvalue weighted by atomic mass is 15.0. The van der Waals surface area contributed by atoms with Crippen molar-refractivity contribution in [2.24, 2.45) is 0 Å². The molecule has 2 unspecified atom stereocenters. The van der Waals surface area contributed by atoms with Gasteiger partial charge in [0.1, 0.15) is 0 Å². The van der Waals surface area contributed by atoms with Crippen LogP contribution in [-0.4, -0.2) is 25.7 Å². The van der Waals surface area contributed by atoms with Crippen LogP contribution >= 0.6 is 0 Å². The highest BCUT2D eigenvalue weighted by Gasteiger charge is 2.12. The predicted octanol–water partition coefficient (Wildman–Crippen LogP) is 2.52. The highest BCUT2D eigenvalue weighted by molar-refractivity contribution is 5.18. The molecule has 0 saturated carbocycles. The lowest BCUT2D eigenvalue weighted by Gasteiger charge is -2.24. The molecule has 2 rings (SSSR count). The van der Waals surface area contributed by atoms with Gasteiger partial charge in [0, 0.05) is 12.6 Å². The van der Waals surface area contributed by atoms with Crippen molar-refractivity contribution in [3.05, 3.63) is 35.9 Å². The first-order chi connectivity index (χ1) is 8.36. The molecule has 94 valence electrons. The predicted molar refractivity (Wildman–Crippen MR) is 73.4 cm³/mol. The molecule has 2 nitrogen and oxygen atoms in total. The lowest BCUT2D eigenvalue weighted by molar-refractivity contribution is 0.384. The first-order valence-corrected chi connectivity index (χ1v) is 6.85. The van der Waals surface area contributed by atoms with Gasteiger partial charge in [0.05, 0.1) is 0 Å². The molecule has 1 aromatic carbocycles. The summed E-state index contributed by atoms with van der Waals surface area (Å²) in [7, 11) is 0. The van der Waals surface area contributed by atoms with Gasteiger partial charge >= 0.3 is 0 Å². The Labute approximate surface area is 105 Å². The molecule has 0 bridgehead atoms. The standard InChI is InChI=1S/C15H24N2/c1-13(14-6-3-2-4-7-14)9-11-17-15-8-5-10-16-12-15/h2-4,6-7,13,15-17H,5,8-12H2,1H3. The van der Waals surface area contributed by atoms with Gasteiger partial charge in [-0.15, -0.1) is 0 Å². The maximum Gasteiger partial charge on any atom is 0.0192 e. The third kappa shape index (κ3) is 4.14. The Balaban J connectivity index is 1.67. The Hall–Kier alpha value is -0.860. The molecule has 1 fully saturated rings. The number of rotatable bonds is 5. The maximum absolute atomic E-state index is 3.66. The average molecular weight is 232 g/mol. The van der Waals surface area contributed by atoms with Crippen LogP contribution in [0, 0.1) is 0 Å². The SMILES string of the molecule is CC(CCNC1CCCNC1)c1ccccc1. The summed E-state index contributed by atoms with van der Waals surface area (Å²) in [6.07, 6.45) is 3.86. The molecule has 2 N–H and O–H groups in total. The second-order valence-electron chi connectivity index (χ2n) is 5.10. The molecule has 1 aliphatic rings. The van der Waals surface area contributed by atoms with E-state index >= 15 is 0 Å². The molecule has 0 radical (unpaired) electrons. The van der Waals surface area contributed by atoms with Crippen LogP contribution in [0.15, 0.2) is 30.3 Å². The smallest absolute Gasteiger partial charge is 0.0192 e. The topological polar surface area (TPSA) is 24.1 Å². The van der Waals surface area contributed by atoms with Gasteiger partial charge in [-0.25, -0.2) is 0 Å². The lowest BCUT2D eigenvalue weighted by Crippen LogP contribution is -2.43. The van der Waals surface area contributed by atoms with E-state index in [9.17, 15) is 0 Å². The number of hydrogen-bond donors (Lipinski definition) is 2. The first kappa shape index (κ1) is 12.6. The largest absolute Gasteiger partial charge is 0.315 e. The summed E-state index contributed by atoms with van der Waals surface area (Å²) in [5.41, 5.74) is 1.45. The quantitative estimate of drug-likeness (QED) is 0.815. The van der Waals surface area contributed by atoms with E-state index in [0.29, 0.717) is 12.0 Å². The fraction of sp³-hybridized carbons (Fsp3) is 0.600. The van der Waals surface area contributed by atoms with Crippen molar-refractivity contribution >= 4 is 0 Å². The molecule has 1 aromatic rings. The molecule has 0 spiro atoms. The Morgan fingerprint density at radius 1 is 1.35 bits per heavy atom. The van der Waals surface area contributed by atoms with Gasteiger partial charge in [-0.1, -0.05) is 37.3 Å². The van der Waals surface area contributed by atoms with Crippen LogP contribution in [0.4, 0.5) is 0 Å².